The molecule has 0 bridgehead atoms. The Bertz CT molecular complexity index is 954. The molecule has 1 aliphatic rings. The van der Waals surface area contributed by atoms with Crippen LogP contribution in [0.4, 0.5) is 11.4 Å². The van der Waals surface area contributed by atoms with Crippen LogP contribution in [0, 0.1) is 20.2 Å². The number of nitro groups is 2. The molecule has 10 nitrogen and oxygen atoms in total. The minimum Gasteiger partial charge on any atom is -0.365 e. The molecule has 10 heteroatoms. The SMILES string of the molecule is CC1=NN(C(=O)c2ccc([N+](=O)[O-])cc2)C(O)(c2ccc([N+](=O)[O-])cc2)C1. The fourth-order valence-electron chi connectivity index (χ4n) is 2.86. The van der Waals surface area contributed by atoms with Gasteiger partial charge in [0.25, 0.3) is 17.3 Å². The van der Waals surface area contributed by atoms with Crippen LogP contribution in [0.2, 0.25) is 0 Å². The summed E-state index contributed by atoms with van der Waals surface area (Å²) < 4.78 is 0. The van der Waals surface area contributed by atoms with E-state index < -0.39 is 21.5 Å². The summed E-state index contributed by atoms with van der Waals surface area (Å²) in [4.78, 5) is 33.2. The molecule has 0 fully saturated rings. The number of nitro benzene ring substituents is 2. The van der Waals surface area contributed by atoms with E-state index in [1.54, 1.807) is 6.92 Å². The van der Waals surface area contributed by atoms with Crippen LogP contribution < -0.4 is 0 Å². The van der Waals surface area contributed by atoms with Crippen molar-refractivity contribution in [2.24, 2.45) is 5.10 Å². The van der Waals surface area contributed by atoms with Crippen LogP contribution in [0.15, 0.2) is 53.6 Å². The van der Waals surface area contributed by atoms with Gasteiger partial charge in [0.1, 0.15) is 0 Å². The number of carbonyl (C=O) groups excluding carboxylic acids is 1. The molecule has 0 saturated heterocycles. The molecule has 0 radical (unpaired) electrons. The number of carbonyl (C=O) groups is 1. The van der Waals surface area contributed by atoms with Crippen molar-refractivity contribution in [1.29, 1.82) is 0 Å². The van der Waals surface area contributed by atoms with Gasteiger partial charge in [-0.1, -0.05) is 0 Å². The summed E-state index contributed by atoms with van der Waals surface area (Å²) in [6, 6.07) is 10.1. The third kappa shape index (κ3) is 3.25. The Morgan fingerprint density at radius 1 is 1.04 bits per heavy atom. The fourth-order valence-corrected chi connectivity index (χ4v) is 2.86. The molecule has 3 rings (SSSR count). The van der Waals surface area contributed by atoms with Gasteiger partial charge < -0.3 is 5.11 Å². The first-order valence-corrected chi connectivity index (χ1v) is 7.83. The molecule has 27 heavy (non-hydrogen) atoms. The first-order chi connectivity index (χ1) is 12.7. The van der Waals surface area contributed by atoms with E-state index in [2.05, 4.69) is 5.10 Å². The van der Waals surface area contributed by atoms with Gasteiger partial charge in [0, 0.05) is 47.5 Å². The molecule has 2 aromatic carbocycles. The molecule has 1 unspecified atom stereocenters. The maximum atomic E-state index is 12.8. The predicted molar refractivity (Wildman–Crippen MR) is 94.0 cm³/mol. The molecular formula is C17H14N4O6. The van der Waals surface area contributed by atoms with E-state index in [4.69, 9.17) is 0 Å². The van der Waals surface area contributed by atoms with Gasteiger partial charge in [-0.25, -0.2) is 0 Å². The summed E-state index contributed by atoms with van der Waals surface area (Å²) in [6.45, 7) is 1.64. The molecule has 0 saturated carbocycles. The topological polar surface area (TPSA) is 139 Å². The van der Waals surface area contributed by atoms with E-state index in [0.717, 1.165) is 5.01 Å². The maximum absolute atomic E-state index is 12.8. The zero-order chi connectivity index (χ0) is 19.8. The van der Waals surface area contributed by atoms with Crippen molar-refractivity contribution in [3.63, 3.8) is 0 Å². The highest BCUT2D eigenvalue weighted by Crippen LogP contribution is 2.37. The normalized spacial score (nSPS) is 18.9. The average Bonchev–Trinajstić information content (AvgIpc) is 2.96. The monoisotopic (exact) mass is 370 g/mol. The van der Waals surface area contributed by atoms with Gasteiger partial charge in [0.15, 0.2) is 5.72 Å². The smallest absolute Gasteiger partial charge is 0.276 e. The summed E-state index contributed by atoms with van der Waals surface area (Å²) in [7, 11) is 0. The molecule has 0 aromatic heterocycles. The van der Waals surface area contributed by atoms with Crippen LogP contribution in [0.5, 0.6) is 0 Å². The lowest BCUT2D eigenvalue weighted by molar-refractivity contribution is -0.385. The highest BCUT2D eigenvalue weighted by molar-refractivity contribution is 5.98. The van der Waals surface area contributed by atoms with Crippen LogP contribution in [-0.2, 0) is 5.72 Å². The second-order valence-electron chi connectivity index (χ2n) is 6.05. The molecule has 2 aromatic rings. The molecular weight excluding hydrogens is 356 g/mol. The first kappa shape index (κ1) is 18.1. The van der Waals surface area contributed by atoms with Crippen molar-refractivity contribution in [2.75, 3.05) is 0 Å². The van der Waals surface area contributed by atoms with Crippen molar-refractivity contribution in [1.82, 2.24) is 5.01 Å². The molecule has 138 valence electrons. The number of nitrogens with zero attached hydrogens (tertiary/aromatic N) is 4. The number of hydrogen-bond donors (Lipinski definition) is 1. The Labute approximate surface area is 152 Å². The van der Waals surface area contributed by atoms with Crippen molar-refractivity contribution in [3.8, 4) is 0 Å². The van der Waals surface area contributed by atoms with E-state index in [0.29, 0.717) is 5.71 Å². The predicted octanol–water partition coefficient (Wildman–Crippen LogP) is 2.57. The molecule has 1 heterocycles. The van der Waals surface area contributed by atoms with Crippen LogP contribution >= 0.6 is 0 Å². The Kier molecular flexibility index (Phi) is 4.42. The van der Waals surface area contributed by atoms with E-state index in [-0.39, 0.29) is 28.9 Å². The number of non-ortho nitro benzene ring substituents is 2. The average molecular weight is 370 g/mol. The van der Waals surface area contributed by atoms with E-state index in [1.165, 1.54) is 48.5 Å². The van der Waals surface area contributed by atoms with Gasteiger partial charge in [-0.2, -0.15) is 10.1 Å². The quantitative estimate of drug-likeness (QED) is 0.648. The van der Waals surface area contributed by atoms with Crippen molar-refractivity contribution in [3.05, 3.63) is 79.9 Å². The molecule has 0 spiro atoms. The second-order valence-corrected chi connectivity index (χ2v) is 6.05. The number of hydrogen-bond acceptors (Lipinski definition) is 7. The maximum Gasteiger partial charge on any atom is 0.276 e. The lowest BCUT2D eigenvalue weighted by Crippen LogP contribution is -2.43. The molecule has 1 atom stereocenters. The van der Waals surface area contributed by atoms with Gasteiger partial charge in [0.2, 0.25) is 0 Å². The fraction of sp³-hybridized carbons (Fsp3) is 0.176. The standard InChI is InChI=1S/C17H14N4O6/c1-11-10-17(23,13-4-8-15(9-5-13)21(26)27)19(18-11)16(22)12-2-6-14(7-3-12)20(24)25/h2-9,23H,10H2,1H3. The number of hydrazone groups is 1. The number of benzene rings is 2. The van der Waals surface area contributed by atoms with Crippen molar-refractivity contribution < 1.29 is 19.7 Å². The Balaban J connectivity index is 1.95. The number of rotatable bonds is 4. The van der Waals surface area contributed by atoms with E-state index in [9.17, 15) is 30.1 Å². The van der Waals surface area contributed by atoms with Gasteiger partial charge in [-0.05, 0) is 31.2 Å². The van der Waals surface area contributed by atoms with Gasteiger partial charge in [-0.3, -0.25) is 25.0 Å². The summed E-state index contributed by atoms with van der Waals surface area (Å²) in [5, 5.41) is 37.6. The van der Waals surface area contributed by atoms with E-state index >= 15 is 0 Å². The largest absolute Gasteiger partial charge is 0.365 e. The molecule has 1 N–H and O–H groups in total. The van der Waals surface area contributed by atoms with Crippen LogP contribution in [0.3, 0.4) is 0 Å². The number of amides is 1. The molecule has 1 aliphatic heterocycles. The summed E-state index contributed by atoms with van der Waals surface area (Å²) in [5.41, 5.74) is -1.25. The Hall–Kier alpha value is -3.66. The van der Waals surface area contributed by atoms with Gasteiger partial charge in [0.05, 0.1) is 9.85 Å². The number of aliphatic hydroxyl groups is 1. The van der Waals surface area contributed by atoms with Crippen LogP contribution in [0.25, 0.3) is 0 Å². The highest BCUT2D eigenvalue weighted by Gasteiger charge is 2.45. The zero-order valence-corrected chi connectivity index (χ0v) is 14.1. The van der Waals surface area contributed by atoms with Gasteiger partial charge in [-0.15, -0.1) is 0 Å². The van der Waals surface area contributed by atoms with Gasteiger partial charge >= 0.3 is 0 Å². The zero-order valence-electron chi connectivity index (χ0n) is 14.1. The Morgan fingerprint density at radius 3 is 2.00 bits per heavy atom. The lowest BCUT2D eigenvalue weighted by Gasteiger charge is -2.31. The minimum atomic E-state index is -1.81. The molecule has 0 aliphatic carbocycles. The first-order valence-electron chi connectivity index (χ1n) is 7.83. The Morgan fingerprint density at radius 2 is 1.52 bits per heavy atom. The van der Waals surface area contributed by atoms with Crippen LogP contribution in [0.1, 0.15) is 29.3 Å². The summed E-state index contributed by atoms with van der Waals surface area (Å²) in [6.07, 6.45) is 0.0313. The van der Waals surface area contributed by atoms with E-state index in [1.807, 2.05) is 0 Å². The van der Waals surface area contributed by atoms with Crippen molar-refractivity contribution in [2.45, 2.75) is 19.1 Å². The summed E-state index contributed by atoms with van der Waals surface area (Å²) in [5.74, 6) is -0.650. The lowest BCUT2D eigenvalue weighted by atomic mass is 9.97. The third-order valence-electron chi connectivity index (χ3n) is 4.18. The van der Waals surface area contributed by atoms with Crippen molar-refractivity contribution >= 4 is 23.0 Å². The third-order valence-corrected chi connectivity index (χ3v) is 4.18. The van der Waals surface area contributed by atoms with Crippen LogP contribution in [-0.4, -0.2) is 31.6 Å². The minimum absolute atomic E-state index is 0.0313. The second kappa shape index (κ2) is 6.57. The molecule has 1 amide bonds. The highest BCUT2D eigenvalue weighted by atomic mass is 16.6. The summed E-state index contributed by atoms with van der Waals surface area (Å²) >= 11 is 0.